The van der Waals surface area contributed by atoms with Crippen LogP contribution in [-0.4, -0.2) is 29.2 Å². The van der Waals surface area contributed by atoms with E-state index in [1.54, 1.807) is 36.1 Å². The molecule has 5 rings (SSSR count). The summed E-state index contributed by atoms with van der Waals surface area (Å²) in [6.07, 6.45) is 1.88. The standard InChI is InChI=1S/C25H21ClN4O4/c1-32-19-10-22(33-2)24-23(11-19)34-21-8-7-17(9-20(21)25(24)31)27-12-18-14-30(29-28-18)13-15-3-5-16(26)6-4-15/h3-11,14,27H,12-13H2,1-2H3. The second-order valence-electron chi connectivity index (χ2n) is 7.73. The van der Waals surface area contributed by atoms with E-state index in [2.05, 4.69) is 15.6 Å². The van der Waals surface area contributed by atoms with Gasteiger partial charge in [-0.1, -0.05) is 28.9 Å². The Kier molecular flexibility index (Phi) is 5.81. The molecule has 0 saturated carbocycles. The molecule has 0 unspecified atom stereocenters. The second kappa shape index (κ2) is 9.07. The van der Waals surface area contributed by atoms with Crippen molar-refractivity contribution in [2.75, 3.05) is 19.5 Å². The molecule has 9 heteroatoms. The Morgan fingerprint density at radius 3 is 2.62 bits per heavy atom. The third kappa shape index (κ3) is 4.27. The molecule has 2 aromatic heterocycles. The molecule has 0 aliphatic heterocycles. The van der Waals surface area contributed by atoms with Gasteiger partial charge < -0.3 is 19.2 Å². The van der Waals surface area contributed by atoms with Gasteiger partial charge in [-0.3, -0.25) is 4.79 Å². The molecule has 1 N–H and O–H groups in total. The average Bonchev–Trinajstić information content (AvgIpc) is 3.30. The van der Waals surface area contributed by atoms with Crippen molar-refractivity contribution in [1.82, 2.24) is 15.0 Å². The van der Waals surface area contributed by atoms with Crippen LogP contribution in [0.3, 0.4) is 0 Å². The lowest BCUT2D eigenvalue weighted by atomic mass is 10.1. The monoisotopic (exact) mass is 476 g/mol. The van der Waals surface area contributed by atoms with E-state index >= 15 is 0 Å². The average molecular weight is 477 g/mol. The molecule has 172 valence electrons. The highest BCUT2D eigenvalue weighted by Crippen LogP contribution is 2.31. The number of aromatic nitrogens is 3. The molecule has 0 saturated heterocycles. The zero-order valence-electron chi connectivity index (χ0n) is 18.5. The molecule has 0 amide bonds. The highest BCUT2D eigenvalue weighted by Gasteiger charge is 2.15. The summed E-state index contributed by atoms with van der Waals surface area (Å²) in [6, 6.07) is 16.3. The molecule has 0 spiro atoms. The van der Waals surface area contributed by atoms with E-state index in [1.807, 2.05) is 36.5 Å². The highest BCUT2D eigenvalue weighted by atomic mass is 35.5. The smallest absolute Gasteiger partial charge is 0.204 e. The van der Waals surface area contributed by atoms with Crippen molar-refractivity contribution in [2.24, 2.45) is 0 Å². The number of fused-ring (bicyclic) bond motifs is 2. The fraction of sp³-hybridized carbons (Fsp3) is 0.160. The molecule has 34 heavy (non-hydrogen) atoms. The molecule has 0 atom stereocenters. The Labute approximate surface area is 199 Å². The van der Waals surface area contributed by atoms with Gasteiger partial charge in [0.2, 0.25) is 5.43 Å². The van der Waals surface area contributed by atoms with Gasteiger partial charge in [-0.15, -0.1) is 5.10 Å². The van der Waals surface area contributed by atoms with Gasteiger partial charge in [0.05, 0.1) is 38.9 Å². The first-order valence-corrected chi connectivity index (χ1v) is 10.9. The van der Waals surface area contributed by atoms with Crippen LogP contribution in [0.15, 0.2) is 70.0 Å². The number of hydrogen-bond acceptors (Lipinski definition) is 7. The number of benzene rings is 3. The largest absolute Gasteiger partial charge is 0.496 e. The van der Waals surface area contributed by atoms with Crippen molar-refractivity contribution in [3.63, 3.8) is 0 Å². The maximum absolute atomic E-state index is 13.2. The number of methoxy groups -OCH3 is 2. The summed E-state index contributed by atoms with van der Waals surface area (Å²) in [6.45, 7) is 1.05. The van der Waals surface area contributed by atoms with Crippen LogP contribution < -0.4 is 20.2 Å². The topological polar surface area (TPSA) is 91.4 Å². The molecule has 0 aliphatic carbocycles. The number of nitrogens with one attached hydrogen (secondary N) is 1. The zero-order valence-corrected chi connectivity index (χ0v) is 19.3. The van der Waals surface area contributed by atoms with Crippen LogP contribution in [0.25, 0.3) is 21.9 Å². The molecular formula is C25H21ClN4O4. The molecule has 0 radical (unpaired) electrons. The Morgan fingerprint density at radius 2 is 1.85 bits per heavy atom. The predicted molar refractivity (Wildman–Crippen MR) is 131 cm³/mol. The minimum Gasteiger partial charge on any atom is -0.496 e. The SMILES string of the molecule is COc1cc(OC)c2c(=O)c3cc(NCc4cn(Cc5ccc(Cl)cc5)nn4)ccc3oc2c1. The van der Waals surface area contributed by atoms with Crippen LogP contribution in [0, 0.1) is 0 Å². The number of ether oxygens (including phenoxy) is 2. The molecule has 0 bridgehead atoms. The van der Waals surface area contributed by atoms with E-state index in [4.69, 9.17) is 25.5 Å². The van der Waals surface area contributed by atoms with Crippen LogP contribution in [0.4, 0.5) is 5.69 Å². The summed E-state index contributed by atoms with van der Waals surface area (Å²) < 4.78 is 18.4. The molecule has 8 nitrogen and oxygen atoms in total. The maximum atomic E-state index is 13.2. The van der Waals surface area contributed by atoms with Crippen molar-refractivity contribution < 1.29 is 13.9 Å². The lowest BCUT2D eigenvalue weighted by Crippen LogP contribution is -2.06. The summed E-state index contributed by atoms with van der Waals surface area (Å²) in [5.41, 5.74) is 3.33. The van der Waals surface area contributed by atoms with Gasteiger partial charge in [-0.2, -0.15) is 0 Å². The van der Waals surface area contributed by atoms with Gasteiger partial charge in [0.1, 0.15) is 33.7 Å². The quantitative estimate of drug-likeness (QED) is 0.335. The zero-order chi connectivity index (χ0) is 23.7. The van der Waals surface area contributed by atoms with Crippen LogP contribution in [0.5, 0.6) is 11.5 Å². The molecule has 2 heterocycles. The minimum atomic E-state index is -0.173. The van der Waals surface area contributed by atoms with Crippen LogP contribution in [0.1, 0.15) is 11.3 Å². The maximum Gasteiger partial charge on any atom is 0.204 e. The van der Waals surface area contributed by atoms with Gasteiger partial charge in [-0.25, -0.2) is 4.68 Å². The van der Waals surface area contributed by atoms with Gasteiger partial charge in [-0.05, 0) is 35.9 Å². The first kappa shape index (κ1) is 21.8. The van der Waals surface area contributed by atoms with Gasteiger partial charge in [0.15, 0.2) is 0 Å². The van der Waals surface area contributed by atoms with E-state index in [9.17, 15) is 4.79 Å². The molecule has 0 aliphatic rings. The van der Waals surface area contributed by atoms with Crippen LogP contribution in [-0.2, 0) is 13.1 Å². The van der Waals surface area contributed by atoms with Crippen molar-refractivity contribution in [2.45, 2.75) is 13.1 Å². The Morgan fingerprint density at radius 1 is 1.03 bits per heavy atom. The predicted octanol–water partition coefficient (Wildman–Crippen LogP) is 4.87. The summed E-state index contributed by atoms with van der Waals surface area (Å²) in [7, 11) is 3.06. The van der Waals surface area contributed by atoms with Crippen molar-refractivity contribution in [1.29, 1.82) is 0 Å². The summed E-state index contributed by atoms with van der Waals surface area (Å²) in [5.74, 6) is 0.954. The minimum absolute atomic E-state index is 0.173. The first-order chi connectivity index (χ1) is 16.5. The molecule has 0 fully saturated rings. The van der Waals surface area contributed by atoms with Gasteiger partial charge in [0.25, 0.3) is 0 Å². The lowest BCUT2D eigenvalue weighted by Gasteiger charge is -2.10. The fourth-order valence-electron chi connectivity index (χ4n) is 3.77. The summed E-state index contributed by atoms with van der Waals surface area (Å²) in [5, 5.41) is 13.2. The van der Waals surface area contributed by atoms with Gasteiger partial charge >= 0.3 is 0 Å². The van der Waals surface area contributed by atoms with E-state index in [1.165, 1.54) is 7.11 Å². The third-order valence-corrected chi connectivity index (χ3v) is 5.74. The van der Waals surface area contributed by atoms with E-state index in [0.717, 1.165) is 16.9 Å². The fourth-order valence-corrected chi connectivity index (χ4v) is 3.90. The number of nitrogens with zero attached hydrogens (tertiary/aromatic N) is 3. The number of hydrogen-bond donors (Lipinski definition) is 1. The van der Waals surface area contributed by atoms with E-state index in [0.29, 0.717) is 51.5 Å². The van der Waals surface area contributed by atoms with Crippen LogP contribution >= 0.6 is 11.6 Å². The molecule has 5 aromatic rings. The van der Waals surface area contributed by atoms with Crippen molar-refractivity contribution in [3.8, 4) is 11.5 Å². The number of rotatable bonds is 7. The molecular weight excluding hydrogens is 456 g/mol. The Bertz CT molecular complexity index is 1540. The number of anilines is 1. The first-order valence-electron chi connectivity index (χ1n) is 10.5. The Balaban J connectivity index is 1.38. The van der Waals surface area contributed by atoms with E-state index in [-0.39, 0.29) is 5.43 Å². The van der Waals surface area contributed by atoms with Crippen molar-refractivity contribution in [3.05, 3.63) is 87.3 Å². The highest BCUT2D eigenvalue weighted by molar-refractivity contribution is 6.30. The third-order valence-electron chi connectivity index (χ3n) is 5.48. The molecule has 3 aromatic carbocycles. The number of halogens is 1. The van der Waals surface area contributed by atoms with Crippen molar-refractivity contribution >= 4 is 39.2 Å². The lowest BCUT2D eigenvalue weighted by molar-refractivity contribution is 0.396. The second-order valence-corrected chi connectivity index (χ2v) is 8.17. The Hall–Kier alpha value is -4.04. The summed E-state index contributed by atoms with van der Waals surface area (Å²) in [4.78, 5) is 13.2. The normalized spacial score (nSPS) is 11.1. The van der Waals surface area contributed by atoms with Gasteiger partial charge in [0, 0.05) is 22.8 Å². The van der Waals surface area contributed by atoms with Crippen LogP contribution in [0.2, 0.25) is 5.02 Å². The van der Waals surface area contributed by atoms with E-state index < -0.39 is 0 Å². The summed E-state index contributed by atoms with van der Waals surface area (Å²) >= 11 is 5.94.